The second-order valence-corrected chi connectivity index (χ2v) is 5.69. The number of piperidine rings is 1. The van der Waals surface area contributed by atoms with E-state index in [1.807, 2.05) is 12.1 Å². The van der Waals surface area contributed by atoms with Gasteiger partial charge in [-0.25, -0.2) is 4.99 Å². The Labute approximate surface area is 128 Å². The van der Waals surface area contributed by atoms with Gasteiger partial charge < -0.3 is 15.0 Å². The van der Waals surface area contributed by atoms with Gasteiger partial charge in [0, 0.05) is 19.6 Å². The molecule has 0 aliphatic carbocycles. The zero-order valence-corrected chi connectivity index (χ0v) is 13.4. The number of guanidine groups is 1. The summed E-state index contributed by atoms with van der Waals surface area (Å²) in [6, 6.07) is 8.12. The van der Waals surface area contributed by atoms with Crippen molar-refractivity contribution in [3.8, 4) is 5.75 Å². The molecule has 2 rings (SSSR count). The Bertz CT molecular complexity index is 448. The molecule has 0 spiro atoms. The SMILES string of the molecule is CCNC(=NCc1ccc(OC)cc1)N1CCC(C)CC1. The first-order valence-corrected chi connectivity index (χ1v) is 7.89. The van der Waals surface area contributed by atoms with E-state index in [9.17, 15) is 0 Å². The van der Waals surface area contributed by atoms with E-state index in [1.54, 1.807) is 7.11 Å². The Morgan fingerprint density at radius 1 is 1.29 bits per heavy atom. The Hall–Kier alpha value is -1.71. The van der Waals surface area contributed by atoms with Gasteiger partial charge in [0.05, 0.1) is 13.7 Å². The minimum atomic E-state index is 0.707. The maximum atomic E-state index is 5.18. The molecule has 1 saturated heterocycles. The number of rotatable bonds is 4. The quantitative estimate of drug-likeness (QED) is 0.684. The molecular weight excluding hydrogens is 262 g/mol. The van der Waals surface area contributed by atoms with Gasteiger partial charge in [-0.3, -0.25) is 0 Å². The highest BCUT2D eigenvalue weighted by atomic mass is 16.5. The number of nitrogens with one attached hydrogen (secondary N) is 1. The van der Waals surface area contributed by atoms with E-state index in [2.05, 4.69) is 36.2 Å². The molecule has 0 amide bonds. The lowest BCUT2D eigenvalue weighted by Crippen LogP contribution is -2.45. The van der Waals surface area contributed by atoms with Gasteiger partial charge in [-0.2, -0.15) is 0 Å². The van der Waals surface area contributed by atoms with Crippen molar-refractivity contribution in [3.05, 3.63) is 29.8 Å². The number of ether oxygens (including phenoxy) is 1. The van der Waals surface area contributed by atoms with Crippen LogP contribution >= 0.6 is 0 Å². The lowest BCUT2D eigenvalue weighted by atomic mass is 10.00. The van der Waals surface area contributed by atoms with Crippen LogP contribution in [0.5, 0.6) is 5.75 Å². The van der Waals surface area contributed by atoms with Crippen LogP contribution < -0.4 is 10.1 Å². The highest BCUT2D eigenvalue weighted by molar-refractivity contribution is 5.80. The van der Waals surface area contributed by atoms with Crippen LogP contribution in [-0.2, 0) is 6.54 Å². The van der Waals surface area contributed by atoms with Crippen LogP contribution in [0.3, 0.4) is 0 Å². The minimum Gasteiger partial charge on any atom is -0.497 e. The molecule has 0 bridgehead atoms. The summed E-state index contributed by atoms with van der Waals surface area (Å²) in [5.41, 5.74) is 1.21. The topological polar surface area (TPSA) is 36.9 Å². The Kier molecular flexibility index (Phi) is 5.90. The first-order valence-electron chi connectivity index (χ1n) is 7.89. The molecule has 1 heterocycles. The Morgan fingerprint density at radius 3 is 2.52 bits per heavy atom. The van der Waals surface area contributed by atoms with E-state index in [-0.39, 0.29) is 0 Å². The average Bonchev–Trinajstić information content (AvgIpc) is 2.53. The summed E-state index contributed by atoms with van der Waals surface area (Å²) in [5.74, 6) is 2.77. The molecule has 0 radical (unpaired) electrons. The number of hydrogen-bond donors (Lipinski definition) is 1. The van der Waals surface area contributed by atoms with Crippen molar-refractivity contribution in [3.63, 3.8) is 0 Å². The van der Waals surface area contributed by atoms with Crippen LogP contribution in [0.1, 0.15) is 32.3 Å². The van der Waals surface area contributed by atoms with Crippen molar-refractivity contribution in [1.82, 2.24) is 10.2 Å². The summed E-state index contributed by atoms with van der Waals surface area (Å²) in [5, 5.41) is 3.41. The van der Waals surface area contributed by atoms with Crippen LogP contribution in [-0.4, -0.2) is 37.6 Å². The molecule has 0 atom stereocenters. The van der Waals surface area contributed by atoms with Gasteiger partial charge in [-0.1, -0.05) is 19.1 Å². The predicted octanol–water partition coefficient (Wildman–Crippen LogP) is 2.89. The molecule has 0 saturated carbocycles. The molecule has 1 N–H and O–H groups in total. The van der Waals surface area contributed by atoms with E-state index < -0.39 is 0 Å². The number of aliphatic imine (C=N–C) groups is 1. The summed E-state index contributed by atoms with van der Waals surface area (Å²) in [4.78, 5) is 7.16. The van der Waals surface area contributed by atoms with E-state index in [1.165, 1.54) is 18.4 Å². The van der Waals surface area contributed by atoms with Crippen LogP contribution in [0, 0.1) is 5.92 Å². The summed E-state index contributed by atoms with van der Waals surface area (Å²) >= 11 is 0. The number of benzene rings is 1. The highest BCUT2D eigenvalue weighted by Gasteiger charge is 2.18. The molecule has 4 nitrogen and oxygen atoms in total. The normalized spacial score (nSPS) is 16.9. The number of likely N-dealkylation sites (tertiary alicyclic amines) is 1. The third kappa shape index (κ3) is 4.66. The van der Waals surface area contributed by atoms with Crippen LogP contribution in [0.4, 0.5) is 0 Å². The fraction of sp³-hybridized carbons (Fsp3) is 0.588. The average molecular weight is 289 g/mol. The third-order valence-corrected chi connectivity index (χ3v) is 3.99. The summed E-state index contributed by atoms with van der Waals surface area (Å²) in [7, 11) is 1.69. The van der Waals surface area contributed by atoms with Gasteiger partial charge in [0.1, 0.15) is 5.75 Å². The molecule has 116 valence electrons. The van der Waals surface area contributed by atoms with Crippen LogP contribution in [0.2, 0.25) is 0 Å². The minimum absolute atomic E-state index is 0.707. The first kappa shape index (κ1) is 15.7. The lowest BCUT2D eigenvalue weighted by molar-refractivity contribution is 0.273. The largest absolute Gasteiger partial charge is 0.497 e. The van der Waals surface area contributed by atoms with Crippen molar-refractivity contribution in [2.75, 3.05) is 26.7 Å². The zero-order valence-electron chi connectivity index (χ0n) is 13.4. The second-order valence-electron chi connectivity index (χ2n) is 5.69. The first-order chi connectivity index (χ1) is 10.2. The number of methoxy groups -OCH3 is 1. The molecule has 0 unspecified atom stereocenters. The van der Waals surface area contributed by atoms with Gasteiger partial charge >= 0.3 is 0 Å². The van der Waals surface area contributed by atoms with E-state index in [0.717, 1.165) is 37.3 Å². The smallest absolute Gasteiger partial charge is 0.194 e. The molecule has 1 aliphatic rings. The standard InChI is InChI=1S/C17H27N3O/c1-4-18-17(20-11-9-14(2)10-12-20)19-13-15-5-7-16(21-3)8-6-15/h5-8,14H,4,9-13H2,1-3H3,(H,18,19). The maximum absolute atomic E-state index is 5.18. The van der Waals surface area contributed by atoms with E-state index in [4.69, 9.17) is 9.73 Å². The summed E-state index contributed by atoms with van der Waals surface area (Å²) in [6.45, 7) is 8.28. The van der Waals surface area contributed by atoms with Gasteiger partial charge in [0.25, 0.3) is 0 Å². The molecule has 21 heavy (non-hydrogen) atoms. The van der Waals surface area contributed by atoms with E-state index >= 15 is 0 Å². The second kappa shape index (κ2) is 7.91. The van der Waals surface area contributed by atoms with Crippen LogP contribution in [0.15, 0.2) is 29.3 Å². The van der Waals surface area contributed by atoms with Crippen LogP contribution in [0.25, 0.3) is 0 Å². The molecule has 1 fully saturated rings. The Balaban J connectivity index is 1.99. The van der Waals surface area contributed by atoms with Gasteiger partial charge in [0.2, 0.25) is 0 Å². The molecule has 4 heteroatoms. The molecule has 1 aromatic rings. The third-order valence-electron chi connectivity index (χ3n) is 3.99. The van der Waals surface area contributed by atoms with Crippen molar-refractivity contribution < 1.29 is 4.74 Å². The fourth-order valence-electron chi connectivity index (χ4n) is 2.54. The Morgan fingerprint density at radius 2 is 1.95 bits per heavy atom. The zero-order chi connectivity index (χ0) is 15.1. The highest BCUT2D eigenvalue weighted by Crippen LogP contribution is 2.16. The molecule has 1 aliphatic heterocycles. The monoisotopic (exact) mass is 289 g/mol. The van der Waals surface area contributed by atoms with Crippen molar-refractivity contribution in [2.45, 2.75) is 33.2 Å². The molecule has 0 aromatic heterocycles. The van der Waals surface area contributed by atoms with Crippen molar-refractivity contribution in [2.24, 2.45) is 10.9 Å². The molecule has 1 aromatic carbocycles. The summed E-state index contributed by atoms with van der Waals surface area (Å²) < 4.78 is 5.18. The van der Waals surface area contributed by atoms with Gasteiger partial charge in [-0.15, -0.1) is 0 Å². The lowest BCUT2D eigenvalue weighted by Gasteiger charge is -2.33. The fourth-order valence-corrected chi connectivity index (χ4v) is 2.54. The maximum Gasteiger partial charge on any atom is 0.194 e. The van der Waals surface area contributed by atoms with Crippen molar-refractivity contribution >= 4 is 5.96 Å². The molecular formula is C17H27N3O. The number of nitrogens with zero attached hydrogens (tertiary/aromatic N) is 2. The van der Waals surface area contributed by atoms with E-state index in [0.29, 0.717) is 6.54 Å². The number of hydrogen-bond acceptors (Lipinski definition) is 2. The predicted molar refractivity (Wildman–Crippen MR) is 87.8 cm³/mol. The van der Waals surface area contributed by atoms with Crippen molar-refractivity contribution in [1.29, 1.82) is 0 Å². The van der Waals surface area contributed by atoms with Gasteiger partial charge in [-0.05, 0) is 43.4 Å². The summed E-state index contributed by atoms with van der Waals surface area (Å²) in [6.07, 6.45) is 2.51. The van der Waals surface area contributed by atoms with Gasteiger partial charge in [0.15, 0.2) is 5.96 Å².